The Labute approximate surface area is 85.6 Å². The van der Waals surface area contributed by atoms with E-state index >= 15 is 0 Å². The molecular weight excluding hydrogens is 176 g/mol. The first-order valence-corrected chi connectivity index (χ1v) is 5.75. The van der Waals surface area contributed by atoms with E-state index in [-0.39, 0.29) is 17.5 Å². The number of hydrogen-bond acceptors (Lipinski definition) is 2. The quantitative estimate of drug-likeness (QED) is 0.696. The Morgan fingerprint density at radius 3 is 2.64 bits per heavy atom. The lowest BCUT2D eigenvalue weighted by Crippen LogP contribution is -2.50. The Morgan fingerprint density at radius 1 is 1.36 bits per heavy atom. The highest BCUT2D eigenvalue weighted by Gasteiger charge is 2.33. The third kappa shape index (κ3) is 2.08. The van der Waals surface area contributed by atoms with Gasteiger partial charge in [0.1, 0.15) is 0 Å². The van der Waals surface area contributed by atoms with Crippen molar-refractivity contribution < 1.29 is 4.79 Å². The van der Waals surface area contributed by atoms with Crippen LogP contribution in [0.3, 0.4) is 0 Å². The fourth-order valence-electron chi connectivity index (χ4n) is 2.57. The highest BCUT2D eigenvalue weighted by atomic mass is 16.2. The summed E-state index contributed by atoms with van der Waals surface area (Å²) in [6.45, 7) is 3.17. The zero-order chi connectivity index (χ0) is 10.0. The Bertz CT molecular complexity index is 215. The van der Waals surface area contributed by atoms with E-state index in [2.05, 4.69) is 17.6 Å². The average molecular weight is 196 g/mol. The van der Waals surface area contributed by atoms with Crippen LogP contribution in [0.4, 0.5) is 0 Å². The summed E-state index contributed by atoms with van der Waals surface area (Å²) in [5.74, 6) is 0.215. The zero-order valence-electron chi connectivity index (χ0n) is 8.94. The molecule has 1 saturated carbocycles. The van der Waals surface area contributed by atoms with Gasteiger partial charge in [0, 0.05) is 5.54 Å². The van der Waals surface area contributed by atoms with Crippen molar-refractivity contribution in [2.45, 2.75) is 57.0 Å². The van der Waals surface area contributed by atoms with Crippen LogP contribution >= 0.6 is 0 Å². The van der Waals surface area contributed by atoms with E-state index in [1.165, 1.54) is 12.8 Å². The predicted octanol–water partition coefficient (Wildman–Crippen LogP) is 1.19. The SMILES string of the molecule is CC1(NC(=O)[C@@H]2CCCN2)CCCC1. The maximum absolute atomic E-state index is 11.8. The number of nitrogens with one attached hydrogen (secondary N) is 2. The fraction of sp³-hybridized carbons (Fsp3) is 0.909. The molecular formula is C11H20N2O. The molecule has 0 aromatic rings. The van der Waals surface area contributed by atoms with Gasteiger partial charge in [0.2, 0.25) is 5.91 Å². The number of carbonyl (C=O) groups excluding carboxylic acids is 1. The van der Waals surface area contributed by atoms with Crippen molar-refractivity contribution in [1.29, 1.82) is 0 Å². The Kier molecular flexibility index (Phi) is 2.77. The molecule has 14 heavy (non-hydrogen) atoms. The van der Waals surface area contributed by atoms with Gasteiger partial charge in [-0.15, -0.1) is 0 Å². The van der Waals surface area contributed by atoms with Gasteiger partial charge in [-0.3, -0.25) is 4.79 Å². The molecule has 2 fully saturated rings. The van der Waals surface area contributed by atoms with Crippen LogP contribution < -0.4 is 10.6 Å². The molecule has 2 aliphatic rings. The maximum atomic E-state index is 11.8. The Balaban J connectivity index is 1.86. The first kappa shape index (κ1) is 9.97. The molecule has 1 aliphatic heterocycles. The lowest BCUT2D eigenvalue weighted by molar-refractivity contribution is -0.124. The van der Waals surface area contributed by atoms with Gasteiger partial charge in [-0.25, -0.2) is 0 Å². The predicted molar refractivity (Wildman–Crippen MR) is 56.0 cm³/mol. The van der Waals surface area contributed by atoms with Gasteiger partial charge in [0.25, 0.3) is 0 Å². The van der Waals surface area contributed by atoms with Crippen LogP contribution in [0.1, 0.15) is 45.4 Å². The molecule has 2 N–H and O–H groups in total. The Morgan fingerprint density at radius 2 is 2.07 bits per heavy atom. The molecule has 2 rings (SSSR count). The van der Waals surface area contributed by atoms with Crippen molar-refractivity contribution in [3.8, 4) is 0 Å². The monoisotopic (exact) mass is 196 g/mol. The van der Waals surface area contributed by atoms with Crippen LogP contribution in [0.25, 0.3) is 0 Å². The third-order valence-electron chi connectivity index (χ3n) is 3.51. The lowest BCUT2D eigenvalue weighted by Gasteiger charge is -2.27. The van der Waals surface area contributed by atoms with Crippen LogP contribution in [-0.2, 0) is 4.79 Å². The summed E-state index contributed by atoms with van der Waals surface area (Å²) in [5.41, 5.74) is 0.0847. The molecule has 0 radical (unpaired) electrons. The summed E-state index contributed by atoms with van der Waals surface area (Å²) in [4.78, 5) is 11.8. The van der Waals surface area contributed by atoms with Gasteiger partial charge in [0.15, 0.2) is 0 Å². The van der Waals surface area contributed by atoms with Gasteiger partial charge in [-0.1, -0.05) is 12.8 Å². The number of rotatable bonds is 2. The first-order valence-electron chi connectivity index (χ1n) is 5.75. The van der Waals surface area contributed by atoms with Crippen molar-refractivity contribution in [3.63, 3.8) is 0 Å². The van der Waals surface area contributed by atoms with E-state index in [0.717, 1.165) is 32.2 Å². The van der Waals surface area contributed by atoms with Crippen molar-refractivity contribution >= 4 is 5.91 Å². The Hall–Kier alpha value is -0.570. The number of carbonyl (C=O) groups is 1. The van der Waals surface area contributed by atoms with E-state index in [1.807, 2.05) is 0 Å². The van der Waals surface area contributed by atoms with Gasteiger partial charge >= 0.3 is 0 Å². The molecule has 1 amide bonds. The highest BCUT2D eigenvalue weighted by Crippen LogP contribution is 2.29. The zero-order valence-corrected chi connectivity index (χ0v) is 8.94. The van der Waals surface area contributed by atoms with E-state index in [9.17, 15) is 4.79 Å². The molecule has 0 spiro atoms. The van der Waals surface area contributed by atoms with Crippen LogP contribution in [-0.4, -0.2) is 24.0 Å². The first-order chi connectivity index (χ1) is 6.70. The number of hydrogen-bond donors (Lipinski definition) is 2. The summed E-state index contributed by atoms with van der Waals surface area (Å²) >= 11 is 0. The second kappa shape index (κ2) is 3.89. The van der Waals surface area contributed by atoms with Crippen molar-refractivity contribution in [2.75, 3.05) is 6.54 Å². The maximum Gasteiger partial charge on any atom is 0.237 e. The molecule has 3 nitrogen and oxygen atoms in total. The minimum Gasteiger partial charge on any atom is -0.350 e. The van der Waals surface area contributed by atoms with Crippen molar-refractivity contribution in [3.05, 3.63) is 0 Å². The minimum absolute atomic E-state index is 0.0763. The van der Waals surface area contributed by atoms with Gasteiger partial charge < -0.3 is 10.6 Å². The molecule has 0 bridgehead atoms. The summed E-state index contributed by atoms with van der Waals surface area (Å²) in [6, 6.07) is 0.0763. The third-order valence-corrected chi connectivity index (χ3v) is 3.51. The van der Waals surface area contributed by atoms with Crippen LogP contribution in [0.15, 0.2) is 0 Å². The van der Waals surface area contributed by atoms with Crippen LogP contribution in [0, 0.1) is 0 Å². The fourth-order valence-corrected chi connectivity index (χ4v) is 2.57. The normalized spacial score (nSPS) is 30.5. The topological polar surface area (TPSA) is 41.1 Å². The van der Waals surface area contributed by atoms with Crippen LogP contribution in [0.2, 0.25) is 0 Å². The molecule has 1 heterocycles. The van der Waals surface area contributed by atoms with Crippen molar-refractivity contribution in [2.24, 2.45) is 0 Å². The van der Waals surface area contributed by atoms with Gasteiger partial charge in [-0.2, -0.15) is 0 Å². The second-order valence-electron chi connectivity index (χ2n) is 4.91. The molecule has 1 aliphatic carbocycles. The lowest BCUT2D eigenvalue weighted by atomic mass is 10.00. The van der Waals surface area contributed by atoms with Gasteiger partial charge in [-0.05, 0) is 39.2 Å². The van der Waals surface area contributed by atoms with E-state index in [4.69, 9.17) is 0 Å². The summed E-state index contributed by atoms with van der Waals surface area (Å²) in [7, 11) is 0. The minimum atomic E-state index is 0.0763. The van der Waals surface area contributed by atoms with E-state index in [0.29, 0.717) is 0 Å². The van der Waals surface area contributed by atoms with Crippen molar-refractivity contribution in [1.82, 2.24) is 10.6 Å². The molecule has 1 saturated heterocycles. The van der Waals surface area contributed by atoms with Crippen LogP contribution in [0.5, 0.6) is 0 Å². The smallest absolute Gasteiger partial charge is 0.237 e. The largest absolute Gasteiger partial charge is 0.350 e. The molecule has 0 unspecified atom stereocenters. The van der Waals surface area contributed by atoms with E-state index < -0.39 is 0 Å². The standard InChI is InChI=1S/C11H20N2O/c1-11(6-2-3-7-11)13-10(14)9-5-4-8-12-9/h9,12H,2-8H2,1H3,(H,13,14)/t9-/m0/s1. The highest BCUT2D eigenvalue weighted by molar-refractivity contribution is 5.82. The molecule has 3 heteroatoms. The van der Waals surface area contributed by atoms with Gasteiger partial charge in [0.05, 0.1) is 6.04 Å². The molecule has 80 valence electrons. The second-order valence-corrected chi connectivity index (χ2v) is 4.91. The average Bonchev–Trinajstić information content (AvgIpc) is 2.74. The summed E-state index contributed by atoms with van der Waals surface area (Å²) in [6.07, 6.45) is 6.94. The summed E-state index contributed by atoms with van der Waals surface area (Å²) in [5, 5.41) is 6.43. The molecule has 1 atom stereocenters. The molecule has 0 aromatic heterocycles. The summed E-state index contributed by atoms with van der Waals surface area (Å²) < 4.78 is 0. The molecule has 0 aromatic carbocycles. The number of amides is 1. The van der Waals surface area contributed by atoms with E-state index in [1.54, 1.807) is 0 Å².